The third-order valence-corrected chi connectivity index (χ3v) is 3.66. The van der Waals surface area contributed by atoms with Gasteiger partial charge in [0.15, 0.2) is 0 Å². The number of hydrogen-bond donors (Lipinski definition) is 2. The fourth-order valence-corrected chi connectivity index (χ4v) is 2.52. The van der Waals surface area contributed by atoms with Gasteiger partial charge in [0.25, 0.3) is 5.91 Å². The standard InChI is InChI=1S/C15H14ClN3O.ClH/c16-14-13(2-1-6-18-14)15(20)19-12-4-3-10-5-7-17-9-11(10)8-12;/h1-4,6,8,17H,5,7,9H2,(H,19,20);1H. The first-order chi connectivity index (χ1) is 9.74. The molecule has 0 bridgehead atoms. The van der Waals surface area contributed by atoms with Gasteiger partial charge >= 0.3 is 0 Å². The number of halogens is 2. The molecule has 0 spiro atoms. The summed E-state index contributed by atoms with van der Waals surface area (Å²) >= 11 is 5.92. The summed E-state index contributed by atoms with van der Waals surface area (Å²) in [6, 6.07) is 9.34. The van der Waals surface area contributed by atoms with Gasteiger partial charge in [0.1, 0.15) is 5.15 Å². The maximum absolute atomic E-state index is 12.2. The first kappa shape index (κ1) is 15.8. The number of carbonyl (C=O) groups excluding carboxylic acids is 1. The van der Waals surface area contributed by atoms with Crippen LogP contribution >= 0.6 is 24.0 Å². The van der Waals surface area contributed by atoms with E-state index in [2.05, 4.69) is 21.7 Å². The zero-order valence-electron chi connectivity index (χ0n) is 11.2. The van der Waals surface area contributed by atoms with Gasteiger partial charge in [0, 0.05) is 18.4 Å². The van der Waals surface area contributed by atoms with Crippen molar-refractivity contribution in [1.29, 1.82) is 0 Å². The summed E-state index contributed by atoms with van der Waals surface area (Å²) in [6.07, 6.45) is 2.58. The molecule has 1 aromatic heterocycles. The van der Waals surface area contributed by atoms with E-state index in [0.717, 1.165) is 25.2 Å². The van der Waals surface area contributed by atoms with Gasteiger partial charge in [-0.2, -0.15) is 0 Å². The first-order valence-corrected chi connectivity index (χ1v) is 6.86. The highest BCUT2D eigenvalue weighted by atomic mass is 35.5. The highest BCUT2D eigenvalue weighted by Gasteiger charge is 2.13. The molecular formula is C15H15Cl2N3O. The number of pyridine rings is 1. The molecule has 2 heterocycles. The molecule has 0 aliphatic carbocycles. The molecule has 21 heavy (non-hydrogen) atoms. The van der Waals surface area contributed by atoms with Crippen molar-refractivity contribution >= 4 is 35.6 Å². The molecular weight excluding hydrogens is 309 g/mol. The van der Waals surface area contributed by atoms with Crippen LogP contribution in [0.2, 0.25) is 5.15 Å². The van der Waals surface area contributed by atoms with E-state index in [-0.39, 0.29) is 23.5 Å². The topological polar surface area (TPSA) is 54.0 Å². The van der Waals surface area contributed by atoms with E-state index in [1.54, 1.807) is 18.3 Å². The van der Waals surface area contributed by atoms with Crippen molar-refractivity contribution in [3.05, 3.63) is 58.4 Å². The molecule has 1 amide bonds. The molecule has 0 fully saturated rings. The Morgan fingerprint density at radius 3 is 2.95 bits per heavy atom. The second kappa shape index (κ2) is 6.89. The Balaban J connectivity index is 0.00000161. The van der Waals surface area contributed by atoms with Crippen LogP contribution in [0.5, 0.6) is 0 Å². The summed E-state index contributed by atoms with van der Waals surface area (Å²) in [7, 11) is 0. The Hall–Kier alpha value is -1.62. The van der Waals surface area contributed by atoms with Gasteiger partial charge in [-0.05, 0) is 48.4 Å². The van der Waals surface area contributed by atoms with E-state index in [4.69, 9.17) is 11.6 Å². The lowest BCUT2D eigenvalue weighted by Crippen LogP contribution is -2.23. The number of hydrogen-bond acceptors (Lipinski definition) is 3. The summed E-state index contributed by atoms with van der Waals surface area (Å²) in [4.78, 5) is 16.1. The zero-order valence-corrected chi connectivity index (χ0v) is 12.8. The van der Waals surface area contributed by atoms with Crippen LogP contribution in [0.25, 0.3) is 0 Å². The van der Waals surface area contributed by atoms with E-state index in [1.165, 1.54) is 11.1 Å². The maximum atomic E-state index is 12.2. The van der Waals surface area contributed by atoms with Gasteiger partial charge in [-0.1, -0.05) is 17.7 Å². The number of fused-ring (bicyclic) bond motifs is 1. The molecule has 110 valence electrons. The molecule has 1 aliphatic heterocycles. The molecule has 6 heteroatoms. The number of carbonyl (C=O) groups is 1. The van der Waals surface area contributed by atoms with Crippen LogP contribution in [-0.4, -0.2) is 17.4 Å². The molecule has 2 aromatic rings. The Bertz CT molecular complexity index is 661. The van der Waals surface area contributed by atoms with E-state index in [1.807, 2.05) is 12.1 Å². The number of aromatic nitrogens is 1. The third kappa shape index (κ3) is 3.53. The Kier molecular flexibility index (Phi) is 5.17. The van der Waals surface area contributed by atoms with Crippen molar-refractivity contribution in [3.8, 4) is 0 Å². The van der Waals surface area contributed by atoms with Crippen LogP contribution in [0.4, 0.5) is 5.69 Å². The van der Waals surface area contributed by atoms with Gasteiger partial charge in [-0.15, -0.1) is 12.4 Å². The summed E-state index contributed by atoms with van der Waals surface area (Å²) in [6.45, 7) is 1.84. The molecule has 3 rings (SSSR count). The molecule has 4 nitrogen and oxygen atoms in total. The minimum atomic E-state index is -0.244. The van der Waals surface area contributed by atoms with Crippen molar-refractivity contribution < 1.29 is 4.79 Å². The highest BCUT2D eigenvalue weighted by Crippen LogP contribution is 2.20. The first-order valence-electron chi connectivity index (χ1n) is 6.48. The SMILES string of the molecule is Cl.O=C(Nc1ccc2c(c1)CNCC2)c1cccnc1Cl. The quantitative estimate of drug-likeness (QED) is 0.835. The predicted molar refractivity (Wildman–Crippen MR) is 86.3 cm³/mol. The molecule has 0 saturated carbocycles. The van der Waals surface area contributed by atoms with Crippen LogP contribution in [0.1, 0.15) is 21.5 Å². The van der Waals surface area contributed by atoms with E-state index >= 15 is 0 Å². The second-order valence-electron chi connectivity index (χ2n) is 4.71. The molecule has 0 unspecified atom stereocenters. The largest absolute Gasteiger partial charge is 0.322 e. The number of nitrogens with zero attached hydrogens (tertiary/aromatic N) is 1. The normalized spacial score (nSPS) is 13.0. The van der Waals surface area contributed by atoms with Crippen LogP contribution in [0.15, 0.2) is 36.5 Å². The summed E-state index contributed by atoms with van der Waals surface area (Å²) in [5.74, 6) is -0.244. The number of rotatable bonds is 2. The number of amides is 1. The molecule has 0 saturated heterocycles. The van der Waals surface area contributed by atoms with Crippen LogP contribution < -0.4 is 10.6 Å². The minimum absolute atomic E-state index is 0. The average molecular weight is 324 g/mol. The van der Waals surface area contributed by atoms with Crippen molar-refractivity contribution in [1.82, 2.24) is 10.3 Å². The van der Waals surface area contributed by atoms with E-state index in [9.17, 15) is 4.79 Å². The smallest absolute Gasteiger partial charge is 0.258 e. The van der Waals surface area contributed by atoms with Crippen LogP contribution in [0, 0.1) is 0 Å². The van der Waals surface area contributed by atoms with Crippen molar-refractivity contribution in [2.45, 2.75) is 13.0 Å². The third-order valence-electron chi connectivity index (χ3n) is 3.35. The maximum Gasteiger partial charge on any atom is 0.258 e. The predicted octanol–water partition coefficient (Wildman–Crippen LogP) is 3.05. The highest BCUT2D eigenvalue weighted by molar-refractivity contribution is 6.33. The van der Waals surface area contributed by atoms with Gasteiger partial charge < -0.3 is 10.6 Å². The van der Waals surface area contributed by atoms with Crippen molar-refractivity contribution in [2.24, 2.45) is 0 Å². The summed E-state index contributed by atoms with van der Waals surface area (Å²) < 4.78 is 0. The lowest BCUT2D eigenvalue weighted by molar-refractivity contribution is 0.102. The summed E-state index contributed by atoms with van der Waals surface area (Å²) in [5.41, 5.74) is 3.72. The van der Waals surface area contributed by atoms with Crippen molar-refractivity contribution in [2.75, 3.05) is 11.9 Å². The van der Waals surface area contributed by atoms with E-state index in [0.29, 0.717) is 5.56 Å². The Labute approximate surface area is 134 Å². The number of anilines is 1. The van der Waals surface area contributed by atoms with E-state index < -0.39 is 0 Å². The van der Waals surface area contributed by atoms with Gasteiger partial charge in [0.2, 0.25) is 0 Å². The molecule has 1 aliphatic rings. The monoisotopic (exact) mass is 323 g/mol. The lowest BCUT2D eigenvalue weighted by Gasteiger charge is -2.18. The molecule has 2 N–H and O–H groups in total. The second-order valence-corrected chi connectivity index (χ2v) is 5.06. The van der Waals surface area contributed by atoms with Gasteiger partial charge in [-0.3, -0.25) is 4.79 Å². The average Bonchev–Trinajstić information content (AvgIpc) is 2.47. The molecule has 0 radical (unpaired) electrons. The fraction of sp³-hybridized carbons (Fsp3) is 0.200. The van der Waals surface area contributed by atoms with Gasteiger partial charge in [0.05, 0.1) is 5.56 Å². The summed E-state index contributed by atoms with van der Waals surface area (Å²) in [5, 5.41) is 6.39. The molecule has 1 aromatic carbocycles. The van der Waals surface area contributed by atoms with Crippen LogP contribution in [-0.2, 0) is 13.0 Å². The minimum Gasteiger partial charge on any atom is -0.322 e. The van der Waals surface area contributed by atoms with Crippen LogP contribution in [0.3, 0.4) is 0 Å². The number of nitrogens with one attached hydrogen (secondary N) is 2. The fourth-order valence-electron chi connectivity index (χ4n) is 2.31. The zero-order chi connectivity index (χ0) is 13.9. The molecule has 0 atom stereocenters. The van der Waals surface area contributed by atoms with Gasteiger partial charge in [-0.25, -0.2) is 4.98 Å². The van der Waals surface area contributed by atoms with Crippen molar-refractivity contribution in [3.63, 3.8) is 0 Å². The number of benzene rings is 1. The lowest BCUT2D eigenvalue weighted by atomic mass is 10.0. The Morgan fingerprint density at radius 1 is 1.29 bits per heavy atom. The Morgan fingerprint density at radius 2 is 2.14 bits per heavy atom.